The number of hydrogen-bond donors (Lipinski definition) is 2. The summed E-state index contributed by atoms with van der Waals surface area (Å²) in [4.78, 5) is 26.1. The van der Waals surface area contributed by atoms with Crippen molar-refractivity contribution in [3.8, 4) is 0 Å². The van der Waals surface area contributed by atoms with Crippen molar-refractivity contribution in [2.24, 2.45) is 0 Å². The number of benzene rings is 1. The molecule has 0 aliphatic carbocycles. The summed E-state index contributed by atoms with van der Waals surface area (Å²) in [6.45, 7) is -0.0848. The number of aromatic nitrogens is 1. The Balaban J connectivity index is 2.25. The average molecular weight is 312 g/mol. The van der Waals surface area contributed by atoms with E-state index < -0.39 is 27.1 Å². The third kappa shape index (κ3) is 3.88. The molecule has 1 aromatic carbocycles. The fraction of sp³-hybridized carbons (Fsp3) is 0.231. The van der Waals surface area contributed by atoms with Crippen molar-refractivity contribution in [3.05, 3.63) is 46.0 Å². The van der Waals surface area contributed by atoms with Crippen LogP contribution in [0.15, 0.2) is 29.1 Å². The zero-order valence-electron chi connectivity index (χ0n) is 11.1. The van der Waals surface area contributed by atoms with Gasteiger partial charge in [-0.1, -0.05) is 0 Å². The number of pyridine rings is 1. The van der Waals surface area contributed by atoms with Crippen LogP contribution in [0.25, 0.3) is 10.9 Å². The lowest BCUT2D eigenvalue weighted by atomic mass is 10.1. The van der Waals surface area contributed by atoms with Gasteiger partial charge in [0.2, 0.25) is 0 Å². The van der Waals surface area contributed by atoms with Crippen molar-refractivity contribution in [3.63, 3.8) is 0 Å². The normalized spacial score (nSPS) is 11.5. The highest BCUT2D eigenvalue weighted by Gasteiger charge is 2.12. The van der Waals surface area contributed by atoms with Crippen molar-refractivity contribution in [2.75, 3.05) is 18.6 Å². The van der Waals surface area contributed by atoms with Gasteiger partial charge < -0.3 is 10.3 Å². The van der Waals surface area contributed by atoms with Gasteiger partial charge in [-0.2, -0.15) is 0 Å². The molecule has 0 aliphatic heterocycles. The highest BCUT2D eigenvalue weighted by molar-refractivity contribution is 7.90. The summed E-state index contributed by atoms with van der Waals surface area (Å²) in [5.74, 6) is -1.38. The van der Waals surface area contributed by atoms with E-state index in [1.54, 1.807) is 0 Å². The van der Waals surface area contributed by atoms with Crippen molar-refractivity contribution in [2.45, 2.75) is 0 Å². The maximum atomic E-state index is 13.0. The van der Waals surface area contributed by atoms with Crippen LogP contribution in [-0.4, -0.2) is 37.9 Å². The standard InChI is InChI=1S/C13H13FN2O4S/c1-21(19,20)5-4-15-12(17)10-6-8-2-3-9(14)7-11(8)16-13(10)18/h2-3,6-7H,4-5H2,1H3,(H,15,17)(H,16,18). The van der Waals surface area contributed by atoms with Gasteiger partial charge in [-0.15, -0.1) is 0 Å². The van der Waals surface area contributed by atoms with Crippen LogP contribution in [0.4, 0.5) is 4.39 Å². The quantitative estimate of drug-likeness (QED) is 0.856. The molecule has 1 heterocycles. The minimum absolute atomic E-state index is 0.0848. The third-order valence-electron chi connectivity index (χ3n) is 2.81. The van der Waals surface area contributed by atoms with Crippen LogP contribution in [0.1, 0.15) is 10.4 Å². The first-order valence-electron chi connectivity index (χ1n) is 6.05. The molecular formula is C13H13FN2O4S. The predicted octanol–water partition coefficient (Wildman–Crippen LogP) is 0.442. The smallest absolute Gasteiger partial charge is 0.261 e. The number of nitrogens with one attached hydrogen (secondary N) is 2. The largest absolute Gasteiger partial charge is 0.351 e. The fourth-order valence-electron chi connectivity index (χ4n) is 1.79. The van der Waals surface area contributed by atoms with E-state index in [0.29, 0.717) is 5.39 Å². The number of hydrogen-bond acceptors (Lipinski definition) is 4. The van der Waals surface area contributed by atoms with E-state index in [9.17, 15) is 22.4 Å². The number of sulfone groups is 1. The zero-order valence-corrected chi connectivity index (χ0v) is 12.0. The topological polar surface area (TPSA) is 96.1 Å². The summed E-state index contributed by atoms with van der Waals surface area (Å²) in [5, 5.41) is 2.86. The predicted molar refractivity (Wildman–Crippen MR) is 76.6 cm³/mol. The van der Waals surface area contributed by atoms with Crippen LogP contribution < -0.4 is 10.9 Å². The van der Waals surface area contributed by atoms with E-state index in [4.69, 9.17) is 0 Å². The number of halogens is 1. The molecule has 2 rings (SSSR count). The molecule has 0 bridgehead atoms. The van der Waals surface area contributed by atoms with Crippen LogP contribution in [0.2, 0.25) is 0 Å². The Kier molecular flexibility index (Phi) is 4.08. The molecule has 2 N–H and O–H groups in total. The van der Waals surface area contributed by atoms with Crippen molar-refractivity contribution < 1.29 is 17.6 Å². The second-order valence-electron chi connectivity index (χ2n) is 4.63. The van der Waals surface area contributed by atoms with Gasteiger partial charge in [-0.25, -0.2) is 12.8 Å². The van der Waals surface area contributed by atoms with E-state index in [0.717, 1.165) is 12.3 Å². The molecule has 1 amide bonds. The van der Waals surface area contributed by atoms with E-state index in [1.807, 2.05) is 0 Å². The number of fused-ring (bicyclic) bond motifs is 1. The number of H-pyrrole nitrogens is 1. The van der Waals surface area contributed by atoms with E-state index in [1.165, 1.54) is 18.2 Å². The van der Waals surface area contributed by atoms with Crippen molar-refractivity contribution in [1.82, 2.24) is 10.3 Å². The van der Waals surface area contributed by atoms with E-state index >= 15 is 0 Å². The summed E-state index contributed by atoms with van der Waals surface area (Å²) in [6, 6.07) is 5.14. The van der Waals surface area contributed by atoms with Gasteiger partial charge in [0.15, 0.2) is 0 Å². The molecule has 0 radical (unpaired) electrons. The van der Waals surface area contributed by atoms with Gasteiger partial charge in [-0.05, 0) is 29.7 Å². The minimum atomic E-state index is -3.19. The van der Waals surface area contributed by atoms with E-state index in [-0.39, 0.29) is 23.4 Å². The average Bonchev–Trinajstić information content (AvgIpc) is 2.36. The number of rotatable bonds is 4. The summed E-state index contributed by atoms with van der Waals surface area (Å²) in [7, 11) is -3.19. The van der Waals surface area contributed by atoms with Gasteiger partial charge in [0.1, 0.15) is 21.2 Å². The Morgan fingerprint density at radius 3 is 2.71 bits per heavy atom. The molecule has 2 aromatic rings. The Labute approximate surface area is 119 Å². The van der Waals surface area contributed by atoms with E-state index in [2.05, 4.69) is 10.3 Å². The molecule has 0 saturated heterocycles. The lowest BCUT2D eigenvalue weighted by molar-refractivity contribution is 0.0955. The molecule has 1 aromatic heterocycles. The van der Waals surface area contributed by atoms with Crippen molar-refractivity contribution >= 4 is 26.6 Å². The molecular weight excluding hydrogens is 299 g/mol. The van der Waals surface area contributed by atoms with Gasteiger partial charge in [0.05, 0.1) is 11.3 Å². The van der Waals surface area contributed by atoms with Crippen LogP contribution in [0.5, 0.6) is 0 Å². The Morgan fingerprint density at radius 2 is 2.05 bits per heavy atom. The van der Waals surface area contributed by atoms with Gasteiger partial charge in [0.25, 0.3) is 11.5 Å². The second-order valence-corrected chi connectivity index (χ2v) is 6.89. The maximum Gasteiger partial charge on any atom is 0.261 e. The number of carbonyl (C=O) groups excluding carboxylic acids is 1. The van der Waals surface area contributed by atoms with Gasteiger partial charge >= 0.3 is 0 Å². The first-order valence-corrected chi connectivity index (χ1v) is 8.11. The fourth-order valence-corrected chi connectivity index (χ4v) is 2.26. The summed E-state index contributed by atoms with van der Waals surface area (Å²) in [5.41, 5.74) is -0.528. The minimum Gasteiger partial charge on any atom is -0.351 e. The molecule has 21 heavy (non-hydrogen) atoms. The number of carbonyl (C=O) groups is 1. The van der Waals surface area contributed by atoms with Crippen molar-refractivity contribution in [1.29, 1.82) is 0 Å². The highest BCUT2D eigenvalue weighted by atomic mass is 32.2. The molecule has 6 nitrogen and oxygen atoms in total. The summed E-state index contributed by atoms with van der Waals surface area (Å²) < 4.78 is 35.0. The first-order chi connectivity index (χ1) is 9.76. The SMILES string of the molecule is CS(=O)(=O)CCNC(=O)c1cc2ccc(F)cc2[nH]c1=O. The lowest BCUT2D eigenvalue weighted by Crippen LogP contribution is -2.32. The second kappa shape index (κ2) is 5.65. The molecule has 0 spiro atoms. The number of amides is 1. The Morgan fingerprint density at radius 1 is 1.33 bits per heavy atom. The highest BCUT2D eigenvalue weighted by Crippen LogP contribution is 2.12. The Hall–Kier alpha value is -2.22. The van der Waals surface area contributed by atoms with Gasteiger partial charge in [-0.3, -0.25) is 9.59 Å². The van der Waals surface area contributed by atoms with Crippen LogP contribution in [0, 0.1) is 5.82 Å². The molecule has 0 fully saturated rings. The molecule has 0 saturated carbocycles. The molecule has 0 unspecified atom stereocenters. The molecule has 112 valence electrons. The summed E-state index contributed by atoms with van der Waals surface area (Å²) >= 11 is 0. The summed E-state index contributed by atoms with van der Waals surface area (Å²) in [6.07, 6.45) is 1.05. The molecule has 8 heteroatoms. The zero-order chi connectivity index (χ0) is 15.6. The maximum absolute atomic E-state index is 13.0. The lowest BCUT2D eigenvalue weighted by Gasteiger charge is -2.05. The molecule has 0 atom stereocenters. The van der Waals surface area contributed by atoms with Crippen LogP contribution in [-0.2, 0) is 9.84 Å². The van der Waals surface area contributed by atoms with Crippen LogP contribution in [0.3, 0.4) is 0 Å². The Bertz CT molecular complexity index is 858. The number of aromatic amines is 1. The monoisotopic (exact) mass is 312 g/mol. The molecule has 0 aliphatic rings. The first kappa shape index (κ1) is 15.2. The van der Waals surface area contributed by atoms with Crippen LogP contribution >= 0.6 is 0 Å². The third-order valence-corrected chi connectivity index (χ3v) is 3.76. The van der Waals surface area contributed by atoms with Gasteiger partial charge in [0, 0.05) is 12.8 Å².